The molecule has 2 atom stereocenters. The van der Waals surface area contributed by atoms with Crippen molar-refractivity contribution in [2.75, 3.05) is 26.2 Å². The van der Waals surface area contributed by atoms with E-state index in [1.807, 2.05) is 24.3 Å². The number of amides is 2. The second-order valence-electron chi connectivity index (χ2n) is 10.1. The molecule has 1 heterocycles. The van der Waals surface area contributed by atoms with Gasteiger partial charge in [0.25, 0.3) is 0 Å². The minimum atomic E-state index is -0.815. The van der Waals surface area contributed by atoms with Crippen molar-refractivity contribution in [3.05, 3.63) is 59.7 Å². The number of benzene rings is 2. The minimum Gasteiger partial charge on any atom is -0.481 e. The number of carbonyl (C=O) groups excluding carboxylic acids is 2. The van der Waals surface area contributed by atoms with Crippen LogP contribution in [0.5, 0.6) is 0 Å². The first-order valence-electron chi connectivity index (χ1n) is 12.6. The summed E-state index contributed by atoms with van der Waals surface area (Å²) in [7, 11) is 0. The van der Waals surface area contributed by atoms with Gasteiger partial charge in [-0.3, -0.25) is 9.59 Å². The maximum atomic E-state index is 13.0. The maximum absolute atomic E-state index is 13.0. The smallest absolute Gasteiger partial charge is 0.407 e. The van der Waals surface area contributed by atoms with Crippen LogP contribution in [0.2, 0.25) is 0 Å². The molecule has 1 aliphatic heterocycles. The Morgan fingerprint density at radius 3 is 2.23 bits per heavy atom. The fraction of sp³-hybridized carbons (Fsp3) is 0.464. The number of alkyl carbamates (subject to hydrolysis) is 1. The van der Waals surface area contributed by atoms with E-state index < -0.39 is 12.1 Å². The molecule has 5 rings (SSSR count). The molecule has 2 fully saturated rings. The Morgan fingerprint density at radius 1 is 0.943 bits per heavy atom. The number of aliphatic carboxylic acids is 1. The van der Waals surface area contributed by atoms with Gasteiger partial charge in [-0.15, -0.1) is 0 Å². The van der Waals surface area contributed by atoms with Crippen LogP contribution in [0.3, 0.4) is 0 Å². The molecule has 2 aliphatic carbocycles. The molecule has 0 spiro atoms. The highest BCUT2D eigenvalue weighted by atomic mass is 16.5. The quantitative estimate of drug-likeness (QED) is 0.622. The van der Waals surface area contributed by atoms with E-state index in [0.717, 1.165) is 25.7 Å². The lowest BCUT2D eigenvalue weighted by molar-refractivity contribution is -0.149. The van der Waals surface area contributed by atoms with Crippen molar-refractivity contribution in [3.63, 3.8) is 0 Å². The molecule has 3 aliphatic rings. The van der Waals surface area contributed by atoms with Crippen LogP contribution in [-0.2, 0) is 14.3 Å². The number of ether oxygens (including phenoxy) is 1. The first kappa shape index (κ1) is 23.4. The number of hydrogen-bond donors (Lipinski definition) is 2. The molecule has 184 valence electrons. The number of carboxylic acids is 1. The van der Waals surface area contributed by atoms with Gasteiger partial charge in [0.1, 0.15) is 6.61 Å². The molecule has 35 heavy (non-hydrogen) atoms. The molecule has 2 N–H and O–H groups in total. The van der Waals surface area contributed by atoms with Gasteiger partial charge in [-0.2, -0.15) is 0 Å². The van der Waals surface area contributed by atoms with Gasteiger partial charge in [-0.05, 0) is 41.0 Å². The van der Waals surface area contributed by atoms with E-state index in [0.29, 0.717) is 19.6 Å². The van der Waals surface area contributed by atoms with Crippen molar-refractivity contribution in [1.82, 2.24) is 10.2 Å². The Bertz CT molecular complexity index is 1060. The minimum absolute atomic E-state index is 0.0160. The Kier molecular flexibility index (Phi) is 6.75. The van der Waals surface area contributed by atoms with Gasteiger partial charge in [0.2, 0.25) is 5.91 Å². The van der Waals surface area contributed by atoms with Crippen LogP contribution in [0, 0.1) is 17.8 Å². The molecule has 2 unspecified atom stereocenters. The summed E-state index contributed by atoms with van der Waals surface area (Å²) in [5, 5.41) is 11.9. The third-order valence-electron chi connectivity index (χ3n) is 7.81. The normalized spacial score (nSPS) is 21.5. The zero-order valence-electron chi connectivity index (χ0n) is 19.8. The second kappa shape index (κ2) is 10.1. The van der Waals surface area contributed by atoms with Gasteiger partial charge >= 0.3 is 12.1 Å². The summed E-state index contributed by atoms with van der Waals surface area (Å²) in [4.78, 5) is 38.3. The van der Waals surface area contributed by atoms with Gasteiger partial charge in [-0.25, -0.2) is 4.79 Å². The molecule has 0 bridgehead atoms. The summed E-state index contributed by atoms with van der Waals surface area (Å²) in [6, 6.07) is 16.5. The lowest BCUT2D eigenvalue weighted by Crippen LogP contribution is -2.54. The first-order chi connectivity index (χ1) is 17.0. The predicted octanol–water partition coefficient (Wildman–Crippen LogP) is 4.26. The first-order valence-corrected chi connectivity index (χ1v) is 12.6. The monoisotopic (exact) mass is 476 g/mol. The molecule has 2 aromatic carbocycles. The molecule has 0 aromatic heterocycles. The van der Waals surface area contributed by atoms with Crippen molar-refractivity contribution in [3.8, 4) is 11.1 Å². The predicted molar refractivity (Wildman–Crippen MR) is 131 cm³/mol. The van der Waals surface area contributed by atoms with Crippen molar-refractivity contribution in [1.29, 1.82) is 0 Å². The van der Waals surface area contributed by atoms with E-state index in [-0.39, 0.29) is 42.6 Å². The fourth-order valence-corrected chi connectivity index (χ4v) is 6.00. The summed E-state index contributed by atoms with van der Waals surface area (Å²) in [5.41, 5.74) is 4.74. The fourth-order valence-electron chi connectivity index (χ4n) is 6.00. The van der Waals surface area contributed by atoms with Crippen LogP contribution < -0.4 is 5.32 Å². The molecule has 2 aromatic rings. The lowest BCUT2D eigenvalue weighted by Gasteiger charge is -2.43. The highest BCUT2D eigenvalue weighted by Crippen LogP contribution is 2.44. The Labute approximate surface area is 205 Å². The van der Waals surface area contributed by atoms with Crippen molar-refractivity contribution in [2.24, 2.45) is 17.8 Å². The number of likely N-dealkylation sites (tertiary alicyclic amines) is 1. The molecular formula is C28H32N2O5. The molecule has 2 amide bonds. The molecule has 0 radical (unpaired) electrons. The third-order valence-corrected chi connectivity index (χ3v) is 7.81. The molecule has 1 saturated carbocycles. The summed E-state index contributed by atoms with van der Waals surface area (Å²) in [6.45, 7) is 1.73. The third kappa shape index (κ3) is 4.90. The van der Waals surface area contributed by atoms with Crippen molar-refractivity contribution < 1.29 is 24.2 Å². The summed E-state index contributed by atoms with van der Waals surface area (Å²) >= 11 is 0. The van der Waals surface area contributed by atoms with E-state index in [2.05, 4.69) is 29.6 Å². The highest BCUT2D eigenvalue weighted by molar-refractivity contribution is 5.81. The van der Waals surface area contributed by atoms with Gasteiger partial charge < -0.3 is 20.1 Å². The Balaban J connectivity index is 1.14. The van der Waals surface area contributed by atoms with Gasteiger partial charge in [0.15, 0.2) is 0 Å². The van der Waals surface area contributed by atoms with Crippen molar-refractivity contribution in [2.45, 2.75) is 38.0 Å². The topological polar surface area (TPSA) is 95.9 Å². The van der Waals surface area contributed by atoms with E-state index in [1.165, 1.54) is 22.3 Å². The zero-order valence-corrected chi connectivity index (χ0v) is 19.8. The molecule has 7 nitrogen and oxygen atoms in total. The molecular weight excluding hydrogens is 444 g/mol. The number of nitrogens with one attached hydrogen (secondary N) is 1. The number of nitrogens with zero attached hydrogens (tertiary/aromatic N) is 1. The van der Waals surface area contributed by atoms with E-state index >= 15 is 0 Å². The van der Waals surface area contributed by atoms with Gasteiger partial charge in [-0.1, -0.05) is 61.4 Å². The zero-order chi connectivity index (χ0) is 24.4. The number of rotatable bonds is 7. The van der Waals surface area contributed by atoms with Crippen LogP contribution in [0.15, 0.2) is 48.5 Å². The van der Waals surface area contributed by atoms with Crippen LogP contribution in [0.1, 0.15) is 49.1 Å². The number of carbonyl (C=O) groups is 3. The van der Waals surface area contributed by atoms with Crippen LogP contribution >= 0.6 is 0 Å². The van der Waals surface area contributed by atoms with Crippen LogP contribution in [0.25, 0.3) is 11.1 Å². The van der Waals surface area contributed by atoms with Gasteiger partial charge in [0.05, 0.1) is 6.42 Å². The summed E-state index contributed by atoms with van der Waals surface area (Å²) in [5.74, 6) is -0.686. The number of carboxylic acid groups (broad SMARTS) is 1. The maximum Gasteiger partial charge on any atom is 0.407 e. The average molecular weight is 477 g/mol. The highest BCUT2D eigenvalue weighted by Gasteiger charge is 2.39. The average Bonchev–Trinajstić information content (AvgIpc) is 3.17. The van der Waals surface area contributed by atoms with Crippen molar-refractivity contribution >= 4 is 18.0 Å². The lowest BCUT2D eigenvalue weighted by atomic mass is 9.77. The van der Waals surface area contributed by atoms with Gasteiger partial charge in [0, 0.05) is 37.4 Å². The molecule has 7 heteroatoms. The van der Waals surface area contributed by atoms with Crippen LogP contribution in [-0.4, -0.2) is 54.2 Å². The summed E-state index contributed by atoms with van der Waals surface area (Å²) < 4.78 is 5.66. The van der Waals surface area contributed by atoms with E-state index in [9.17, 15) is 14.4 Å². The van der Waals surface area contributed by atoms with E-state index in [1.54, 1.807) is 4.90 Å². The summed E-state index contributed by atoms with van der Waals surface area (Å²) in [6.07, 6.45) is 3.42. The standard InChI is InChI=1S/C28H32N2O5/c31-26(32)13-18-15-30(16-18)27(33)20-8-2-1-7-19(20)14-29-28(34)35-17-25-23-11-5-3-9-21(23)22-10-4-6-12-24(22)25/h3-6,9-12,18-20,25H,1-2,7-8,13-17H2,(H,29,34)(H,31,32). The number of fused-ring (bicyclic) bond motifs is 3. The Morgan fingerprint density at radius 2 is 1.57 bits per heavy atom. The largest absolute Gasteiger partial charge is 0.481 e. The Hall–Kier alpha value is -3.35. The van der Waals surface area contributed by atoms with Crippen LogP contribution in [0.4, 0.5) is 4.79 Å². The second-order valence-corrected chi connectivity index (χ2v) is 10.1. The van der Waals surface area contributed by atoms with E-state index in [4.69, 9.17) is 9.84 Å². The SMILES string of the molecule is O=C(O)CC1CN(C(=O)C2CCCCC2CNC(=O)OCC2c3ccccc3-c3ccccc32)C1. The number of hydrogen-bond acceptors (Lipinski definition) is 4. The molecule has 1 saturated heterocycles.